The summed E-state index contributed by atoms with van der Waals surface area (Å²) in [6, 6.07) is 6.76. The highest BCUT2D eigenvalue weighted by atomic mass is 35.5. The standard InChI is InChI=1S/C15H18ClN3O3/c16-11-6-8-13(9-7-11)18-14(20)10-17-22-15(21)19-12-4-2-1-3-5-12/h6-10,12H,1-5H2,(H,18,20)(H,19,21). The fraction of sp³-hybridized carbons (Fsp3) is 0.400. The molecule has 1 saturated carbocycles. The Balaban J connectivity index is 1.70. The maximum Gasteiger partial charge on any atom is 0.433 e. The van der Waals surface area contributed by atoms with Crippen LogP contribution in [0.15, 0.2) is 29.4 Å². The molecule has 22 heavy (non-hydrogen) atoms. The maximum atomic E-state index is 11.6. The summed E-state index contributed by atoms with van der Waals surface area (Å²) in [4.78, 5) is 27.7. The van der Waals surface area contributed by atoms with E-state index in [4.69, 9.17) is 11.6 Å². The Morgan fingerprint density at radius 2 is 1.86 bits per heavy atom. The normalized spacial score (nSPS) is 15.5. The van der Waals surface area contributed by atoms with Gasteiger partial charge in [0, 0.05) is 16.8 Å². The van der Waals surface area contributed by atoms with Gasteiger partial charge in [0.1, 0.15) is 6.21 Å². The summed E-state index contributed by atoms with van der Waals surface area (Å²) < 4.78 is 0. The number of anilines is 1. The van der Waals surface area contributed by atoms with Crippen molar-refractivity contribution in [1.29, 1.82) is 0 Å². The fourth-order valence-corrected chi connectivity index (χ4v) is 2.40. The summed E-state index contributed by atoms with van der Waals surface area (Å²) >= 11 is 5.74. The van der Waals surface area contributed by atoms with Crippen LogP contribution in [0.1, 0.15) is 32.1 Å². The number of rotatable bonds is 4. The third kappa shape index (κ3) is 5.73. The van der Waals surface area contributed by atoms with Crippen molar-refractivity contribution in [2.24, 2.45) is 5.16 Å². The summed E-state index contributed by atoms with van der Waals surface area (Å²) in [6.45, 7) is 0. The molecule has 0 bridgehead atoms. The first-order chi connectivity index (χ1) is 10.6. The van der Waals surface area contributed by atoms with E-state index in [2.05, 4.69) is 20.6 Å². The van der Waals surface area contributed by atoms with E-state index in [1.54, 1.807) is 24.3 Å². The number of hydrogen-bond acceptors (Lipinski definition) is 4. The third-order valence-corrected chi connectivity index (χ3v) is 3.60. The summed E-state index contributed by atoms with van der Waals surface area (Å²) in [5, 5.41) is 9.25. The molecular formula is C15H18ClN3O3. The van der Waals surface area contributed by atoms with Crippen LogP contribution < -0.4 is 10.6 Å². The molecule has 0 saturated heterocycles. The lowest BCUT2D eigenvalue weighted by Gasteiger charge is -2.21. The van der Waals surface area contributed by atoms with Crippen LogP contribution in [0.3, 0.4) is 0 Å². The first kappa shape index (κ1) is 16.3. The van der Waals surface area contributed by atoms with Gasteiger partial charge in [0.15, 0.2) is 0 Å². The Morgan fingerprint density at radius 3 is 2.55 bits per heavy atom. The molecule has 2 amide bonds. The minimum atomic E-state index is -0.637. The molecular weight excluding hydrogens is 306 g/mol. The van der Waals surface area contributed by atoms with Crippen molar-refractivity contribution in [2.75, 3.05) is 5.32 Å². The number of nitrogens with one attached hydrogen (secondary N) is 2. The SMILES string of the molecule is O=C(C=NOC(=O)NC1CCCCC1)Nc1ccc(Cl)cc1. The molecule has 7 heteroatoms. The zero-order valence-electron chi connectivity index (χ0n) is 12.0. The molecule has 0 radical (unpaired) electrons. The third-order valence-electron chi connectivity index (χ3n) is 3.34. The summed E-state index contributed by atoms with van der Waals surface area (Å²) in [7, 11) is 0. The van der Waals surface area contributed by atoms with Gasteiger partial charge in [-0.05, 0) is 37.1 Å². The molecule has 0 spiro atoms. The Bertz CT molecular complexity index is 539. The molecule has 1 aromatic rings. The molecule has 0 unspecified atom stereocenters. The van der Waals surface area contributed by atoms with E-state index >= 15 is 0 Å². The van der Waals surface area contributed by atoms with Crippen molar-refractivity contribution in [3.63, 3.8) is 0 Å². The number of nitrogens with zero attached hydrogens (tertiary/aromatic N) is 1. The van der Waals surface area contributed by atoms with Crippen LogP contribution in [0.5, 0.6) is 0 Å². The van der Waals surface area contributed by atoms with Crippen molar-refractivity contribution < 1.29 is 14.4 Å². The number of halogens is 1. The second-order valence-corrected chi connectivity index (χ2v) is 5.53. The molecule has 0 atom stereocenters. The van der Waals surface area contributed by atoms with E-state index in [9.17, 15) is 9.59 Å². The number of benzene rings is 1. The average Bonchev–Trinajstić information content (AvgIpc) is 2.50. The van der Waals surface area contributed by atoms with Gasteiger partial charge in [-0.3, -0.25) is 9.63 Å². The molecule has 1 aromatic carbocycles. The van der Waals surface area contributed by atoms with Gasteiger partial charge >= 0.3 is 6.09 Å². The van der Waals surface area contributed by atoms with E-state index in [0.29, 0.717) is 10.7 Å². The first-order valence-corrected chi connectivity index (χ1v) is 7.59. The van der Waals surface area contributed by atoms with E-state index in [-0.39, 0.29) is 6.04 Å². The van der Waals surface area contributed by atoms with Crippen molar-refractivity contribution in [3.8, 4) is 0 Å². The smallest absolute Gasteiger partial charge is 0.321 e. The van der Waals surface area contributed by atoms with Gasteiger partial charge in [0.25, 0.3) is 5.91 Å². The molecule has 2 N–H and O–H groups in total. The maximum absolute atomic E-state index is 11.6. The molecule has 0 aliphatic heterocycles. The lowest BCUT2D eigenvalue weighted by atomic mass is 9.96. The second kappa shape index (κ2) is 8.38. The van der Waals surface area contributed by atoms with Crippen LogP contribution in [-0.4, -0.2) is 24.3 Å². The van der Waals surface area contributed by atoms with Gasteiger partial charge in [0.2, 0.25) is 0 Å². The Hall–Kier alpha value is -2.08. The molecule has 0 aromatic heterocycles. The van der Waals surface area contributed by atoms with Crippen LogP contribution in [0, 0.1) is 0 Å². The Labute approximate surface area is 133 Å². The van der Waals surface area contributed by atoms with Crippen molar-refractivity contribution in [3.05, 3.63) is 29.3 Å². The molecule has 1 aliphatic rings. The van der Waals surface area contributed by atoms with Crippen LogP contribution in [0.4, 0.5) is 10.5 Å². The highest BCUT2D eigenvalue weighted by Crippen LogP contribution is 2.17. The van der Waals surface area contributed by atoms with Crippen LogP contribution in [0.2, 0.25) is 5.02 Å². The van der Waals surface area contributed by atoms with E-state index in [0.717, 1.165) is 31.9 Å². The first-order valence-electron chi connectivity index (χ1n) is 7.21. The monoisotopic (exact) mass is 323 g/mol. The Morgan fingerprint density at radius 1 is 1.18 bits per heavy atom. The summed E-state index contributed by atoms with van der Waals surface area (Å²) in [5.41, 5.74) is 0.576. The van der Waals surface area contributed by atoms with Crippen LogP contribution >= 0.6 is 11.6 Å². The highest BCUT2D eigenvalue weighted by Gasteiger charge is 2.16. The molecule has 1 fully saturated rings. The number of amides is 2. The van der Waals surface area contributed by atoms with Gasteiger partial charge < -0.3 is 10.6 Å². The number of carbonyl (C=O) groups excluding carboxylic acids is 2. The van der Waals surface area contributed by atoms with E-state index in [1.807, 2.05) is 0 Å². The minimum absolute atomic E-state index is 0.138. The van der Waals surface area contributed by atoms with E-state index in [1.165, 1.54) is 6.42 Å². The molecule has 0 heterocycles. The minimum Gasteiger partial charge on any atom is -0.321 e. The largest absolute Gasteiger partial charge is 0.433 e. The predicted molar refractivity (Wildman–Crippen MR) is 85.1 cm³/mol. The lowest BCUT2D eigenvalue weighted by molar-refractivity contribution is -0.110. The van der Waals surface area contributed by atoms with E-state index < -0.39 is 12.0 Å². The lowest BCUT2D eigenvalue weighted by Crippen LogP contribution is -2.35. The topological polar surface area (TPSA) is 79.8 Å². The quantitative estimate of drug-likeness (QED) is 0.506. The number of carbonyl (C=O) groups is 2. The highest BCUT2D eigenvalue weighted by molar-refractivity contribution is 6.32. The van der Waals surface area contributed by atoms with Gasteiger partial charge in [-0.25, -0.2) is 4.79 Å². The second-order valence-electron chi connectivity index (χ2n) is 5.09. The summed E-state index contributed by atoms with van der Waals surface area (Å²) in [6.07, 6.45) is 5.61. The fourth-order valence-electron chi connectivity index (χ4n) is 2.27. The van der Waals surface area contributed by atoms with Gasteiger partial charge in [0.05, 0.1) is 0 Å². The Kier molecular flexibility index (Phi) is 6.21. The number of oxime groups is 1. The zero-order valence-corrected chi connectivity index (χ0v) is 12.8. The molecule has 1 aliphatic carbocycles. The van der Waals surface area contributed by atoms with Crippen molar-refractivity contribution in [1.82, 2.24) is 5.32 Å². The average molecular weight is 324 g/mol. The predicted octanol–water partition coefficient (Wildman–Crippen LogP) is 3.32. The molecule has 2 rings (SSSR count). The summed E-state index contributed by atoms with van der Waals surface area (Å²) in [5.74, 6) is -0.493. The van der Waals surface area contributed by atoms with Gasteiger partial charge in [-0.15, -0.1) is 0 Å². The van der Waals surface area contributed by atoms with Crippen molar-refractivity contribution in [2.45, 2.75) is 38.1 Å². The van der Waals surface area contributed by atoms with Crippen LogP contribution in [-0.2, 0) is 9.63 Å². The van der Waals surface area contributed by atoms with Crippen molar-refractivity contribution >= 4 is 35.5 Å². The molecule has 6 nitrogen and oxygen atoms in total. The zero-order chi connectivity index (χ0) is 15.8. The number of hydrogen-bond donors (Lipinski definition) is 2. The van der Waals surface area contributed by atoms with Gasteiger partial charge in [-0.2, -0.15) is 0 Å². The van der Waals surface area contributed by atoms with Crippen LogP contribution in [0.25, 0.3) is 0 Å². The molecule has 118 valence electrons. The van der Waals surface area contributed by atoms with Gasteiger partial charge in [-0.1, -0.05) is 36.0 Å².